The molecule has 7 nitrogen and oxygen atoms in total. The molecule has 0 aliphatic carbocycles. The number of rotatable bonds is 6. The van der Waals surface area contributed by atoms with Crippen LogP contribution in [0.5, 0.6) is 0 Å². The molecule has 31 heavy (non-hydrogen) atoms. The van der Waals surface area contributed by atoms with Gasteiger partial charge in [0.1, 0.15) is 11.6 Å². The number of amides is 1. The third-order valence-corrected chi connectivity index (χ3v) is 5.61. The van der Waals surface area contributed by atoms with Crippen LogP contribution in [0.1, 0.15) is 5.56 Å². The summed E-state index contributed by atoms with van der Waals surface area (Å²) in [5, 5.41) is 0. The van der Waals surface area contributed by atoms with Crippen molar-refractivity contribution in [3.8, 4) is 11.1 Å². The molecular weight excluding hydrogens is 388 g/mol. The minimum absolute atomic E-state index is 0.0255. The molecule has 4 rings (SSSR count). The summed E-state index contributed by atoms with van der Waals surface area (Å²) in [7, 11) is 1.77. The summed E-state index contributed by atoms with van der Waals surface area (Å²) in [6, 6.07) is 18.4. The van der Waals surface area contributed by atoms with Crippen molar-refractivity contribution in [2.75, 3.05) is 49.6 Å². The quantitative estimate of drug-likeness (QED) is 0.665. The number of carbonyl (C=O) groups is 1. The summed E-state index contributed by atoms with van der Waals surface area (Å²) in [6.45, 7) is 4.25. The van der Waals surface area contributed by atoms with Crippen molar-refractivity contribution in [1.29, 1.82) is 0 Å². The highest BCUT2D eigenvalue weighted by atomic mass is 16.2. The lowest BCUT2D eigenvalue weighted by atomic mass is 10.0. The lowest BCUT2D eigenvalue weighted by molar-refractivity contribution is -0.128. The van der Waals surface area contributed by atoms with Gasteiger partial charge in [-0.25, -0.2) is 9.97 Å². The average Bonchev–Trinajstić information content (AvgIpc) is 2.84. The first kappa shape index (κ1) is 20.8. The van der Waals surface area contributed by atoms with Gasteiger partial charge in [0.05, 0.1) is 6.54 Å². The Labute approximate surface area is 183 Å². The van der Waals surface area contributed by atoms with Crippen LogP contribution in [0.3, 0.4) is 0 Å². The minimum atomic E-state index is -0.0698. The molecular formula is C24H28N6O. The third kappa shape index (κ3) is 5.00. The molecule has 0 unspecified atom stereocenters. The predicted molar refractivity (Wildman–Crippen MR) is 124 cm³/mol. The first-order valence-electron chi connectivity index (χ1n) is 10.5. The standard InChI is InChI=1S/C24H28N6O/c1-28(24(31)16-25)18-19-5-4-6-20(15-19)21-8-9-23(27-17-21)30-13-11-29(12-14-30)22-7-2-3-10-26-22/h2-10,15,17H,11-14,16,18,25H2,1H3. The Balaban J connectivity index is 1.40. The Morgan fingerprint density at radius 2 is 1.68 bits per heavy atom. The highest BCUT2D eigenvalue weighted by molar-refractivity contribution is 5.77. The molecule has 3 heterocycles. The van der Waals surface area contributed by atoms with Gasteiger partial charge in [0.2, 0.25) is 5.91 Å². The number of nitrogens with two attached hydrogens (primary N) is 1. The van der Waals surface area contributed by atoms with Crippen LogP contribution in [-0.2, 0) is 11.3 Å². The predicted octanol–water partition coefficient (Wildman–Crippen LogP) is 2.39. The molecule has 1 amide bonds. The molecule has 7 heteroatoms. The first-order chi connectivity index (χ1) is 15.1. The van der Waals surface area contributed by atoms with Crippen molar-refractivity contribution in [3.05, 3.63) is 72.6 Å². The molecule has 160 valence electrons. The lowest BCUT2D eigenvalue weighted by Crippen LogP contribution is -2.47. The minimum Gasteiger partial charge on any atom is -0.353 e. The van der Waals surface area contributed by atoms with Gasteiger partial charge in [-0.3, -0.25) is 4.79 Å². The van der Waals surface area contributed by atoms with Crippen LogP contribution in [0.4, 0.5) is 11.6 Å². The van der Waals surface area contributed by atoms with Crippen molar-refractivity contribution in [3.63, 3.8) is 0 Å². The Hall–Kier alpha value is -3.45. The largest absolute Gasteiger partial charge is 0.353 e. The number of carbonyl (C=O) groups excluding carboxylic acids is 1. The number of benzene rings is 1. The molecule has 0 spiro atoms. The highest BCUT2D eigenvalue weighted by Crippen LogP contribution is 2.23. The monoisotopic (exact) mass is 416 g/mol. The van der Waals surface area contributed by atoms with Gasteiger partial charge in [0.15, 0.2) is 0 Å². The Morgan fingerprint density at radius 3 is 2.29 bits per heavy atom. The van der Waals surface area contributed by atoms with E-state index in [2.05, 4.69) is 45.1 Å². The van der Waals surface area contributed by atoms with Crippen molar-refractivity contribution >= 4 is 17.5 Å². The zero-order valence-corrected chi connectivity index (χ0v) is 17.8. The Morgan fingerprint density at radius 1 is 0.935 bits per heavy atom. The SMILES string of the molecule is CN(Cc1cccc(-c2ccc(N3CCN(c4ccccn4)CC3)nc2)c1)C(=O)CN. The fourth-order valence-electron chi connectivity index (χ4n) is 3.82. The molecule has 2 aromatic heterocycles. The van der Waals surface area contributed by atoms with E-state index >= 15 is 0 Å². The van der Waals surface area contributed by atoms with E-state index in [1.807, 2.05) is 36.7 Å². The summed E-state index contributed by atoms with van der Waals surface area (Å²) in [5.74, 6) is 1.96. The molecule has 0 atom stereocenters. The molecule has 1 aliphatic rings. The van der Waals surface area contributed by atoms with Gasteiger partial charge < -0.3 is 20.4 Å². The second kappa shape index (κ2) is 9.57. The van der Waals surface area contributed by atoms with E-state index in [9.17, 15) is 4.79 Å². The normalized spacial score (nSPS) is 13.9. The maximum atomic E-state index is 11.7. The second-order valence-corrected chi connectivity index (χ2v) is 7.72. The molecule has 3 aromatic rings. The maximum Gasteiger partial charge on any atom is 0.236 e. The third-order valence-electron chi connectivity index (χ3n) is 5.61. The molecule has 0 saturated carbocycles. The summed E-state index contributed by atoms with van der Waals surface area (Å²) in [6.07, 6.45) is 3.76. The fraction of sp³-hybridized carbons (Fsp3) is 0.292. The van der Waals surface area contributed by atoms with Crippen LogP contribution in [0, 0.1) is 0 Å². The van der Waals surface area contributed by atoms with Crippen molar-refractivity contribution in [2.24, 2.45) is 5.73 Å². The van der Waals surface area contributed by atoms with E-state index in [0.717, 1.165) is 54.5 Å². The highest BCUT2D eigenvalue weighted by Gasteiger charge is 2.19. The number of anilines is 2. The van der Waals surface area contributed by atoms with Crippen LogP contribution in [0.2, 0.25) is 0 Å². The number of aromatic nitrogens is 2. The van der Waals surface area contributed by atoms with Gasteiger partial charge >= 0.3 is 0 Å². The average molecular weight is 417 g/mol. The lowest BCUT2D eigenvalue weighted by Gasteiger charge is -2.36. The molecule has 1 aromatic carbocycles. The Bertz CT molecular complexity index is 1000. The number of pyridine rings is 2. The van der Waals surface area contributed by atoms with Gasteiger partial charge in [-0.2, -0.15) is 0 Å². The summed E-state index contributed by atoms with van der Waals surface area (Å²) in [4.78, 5) is 27.2. The summed E-state index contributed by atoms with van der Waals surface area (Å²) < 4.78 is 0. The van der Waals surface area contributed by atoms with E-state index in [1.54, 1.807) is 11.9 Å². The zero-order valence-electron chi connectivity index (χ0n) is 17.8. The molecule has 0 bridgehead atoms. The van der Waals surface area contributed by atoms with Gasteiger partial charge in [0, 0.05) is 57.7 Å². The number of likely N-dealkylation sites (N-methyl/N-ethyl adjacent to an activating group) is 1. The maximum absolute atomic E-state index is 11.7. The van der Waals surface area contributed by atoms with E-state index < -0.39 is 0 Å². The van der Waals surface area contributed by atoms with Crippen LogP contribution >= 0.6 is 0 Å². The molecule has 1 fully saturated rings. The number of hydrogen-bond acceptors (Lipinski definition) is 6. The van der Waals surface area contributed by atoms with Crippen LogP contribution < -0.4 is 15.5 Å². The topological polar surface area (TPSA) is 78.6 Å². The fourth-order valence-corrected chi connectivity index (χ4v) is 3.82. The summed E-state index contributed by atoms with van der Waals surface area (Å²) in [5.41, 5.74) is 8.67. The number of piperazine rings is 1. The molecule has 1 saturated heterocycles. The van der Waals surface area contributed by atoms with Crippen molar-refractivity contribution in [2.45, 2.75) is 6.54 Å². The van der Waals surface area contributed by atoms with Gasteiger partial charge in [-0.15, -0.1) is 0 Å². The first-order valence-corrected chi connectivity index (χ1v) is 10.5. The van der Waals surface area contributed by atoms with Crippen molar-refractivity contribution in [1.82, 2.24) is 14.9 Å². The van der Waals surface area contributed by atoms with E-state index in [0.29, 0.717) is 6.54 Å². The smallest absolute Gasteiger partial charge is 0.236 e. The number of nitrogens with zero attached hydrogens (tertiary/aromatic N) is 5. The van der Waals surface area contributed by atoms with Gasteiger partial charge in [0.25, 0.3) is 0 Å². The molecule has 0 radical (unpaired) electrons. The van der Waals surface area contributed by atoms with Crippen LogP contribution in [0.25, 0.3) is 11.1 Å². The number of hydrogen-bond donors (Lipinski definition) is 1. The second-order valence-electron chi connectivity index (χ2n) is 7.72. The van der Waals surface area contributed by atoms with E-state index in [-0.39, 0.29) is 12.5 Å². The van der Waals surface area contributed by atoms with Crippen LogP contribution in [-0.4, -0.2) is 60.5 Å². The zero-order chi connectivity index (χ0) is 21.6. The molecule has 1 aliphatic heterocycles. The van der Waals surface area contributed by atoms with Crippen molar-refractivity contribution < 1.29 is 4.79 Å². The van der Waals surface area contributed by atoms with E-state index in [4.69, 9.17) is 10.7 Å². The van der Waals surface area contributed by atoms with Crippen LogP contribution in [0.15, 0.2) is 67.0 Å². The molecule has 2 N–H and O–H groups in total. The summed E-state index contributed by atoms with van der Waals surface area (Å²) >= 11 is 0. The van der Waals surface area contributed by atoms with E-state index in [1.165, 1.54) is 0 Å². The van der Waals surface area contributed by atoms with Gasteiger partial charge in [-0.1, -0.05) is 24.3 Å². The Kier molecular flexibility index (Phi) is 6.43. The van der Waals surface area contributed by atoms with Gasteiger partial charge in [-0.05, 0) is 41.5 Å².